The number of nitrogens with zero attached hydrogens (tertiary/aromatic N) is 2. The third-order valence-corrected chi connectivity index (χ3v) is 6.55. The van der Waals surface area contributed by atoms with Gasteiger partial charge in [0.1, 0.15) is 5.75 Å². The fourth-order valence-corrected chi connectivity index (χ4v) is 4.70. The smallest absolute Gasteiger partial charge is 0.123 e. The minimum absolute atomic E-state index is 0.124. The Morgan fingerprint density at radius 3 is 1.68 bits per heavy atom. The Kier molecular flexibility index (Phi) is 6.76. The second-order valence-corrected chi connectivity index (χ2v) is 11.4. The summed E-state index contributed by atoms with van der Waals surface area (Å²) < 4.78 is 0. The number of hydrogen-bond acceptors (Lipinski definition) is 3. The normalized spacial score (nSPS) is 16.9. The first kappa shape index (κ1) is 23.7. The van der Waals surface area contributed by atoms with Gasteiger partial charge in [-0.3, -0.25) is 4.90 Å². The van der Waals surface area contributed by atoms with Gasteiger partial charge in [-0.05, 0) is 83.3 Å². The molecule has 0 spiro atoms. The molecule has 0 aromatic heterocycles. The molecule has 2 aromatic rings. The predicted molar refractivity (Wildman–Crippen MR) is 134 cm³/mol. The highest BCUT2D eigenvalue weighted by atomic mass is 16.3. The lowest BCUT2D eigenvalue weighted by molar-refractivity contribution is 0.187. The molecule has 1 aliphatic rings. The maximum Gasteiger partial charge on any atom is 0.123 e. The van der Waals surface area contributed by atoms with Crippen molar-refractivity contribution in [1.82, 2.24) is 4.90 Å². The standard InChI is InChI=1S/C28H42N2O/c1-27(2,3)23-18-21(19-24(26(23)31)28(4,5)6)25(30-16-10-9-11-17-30)20-12-14-22(15-13-20)29(7)8/h12-15,18-19,25,31H,9-11,16-17H2,1-8H3/t25-/m0/s1. The summed E-state index contributed by atoms with van der Waals surface area (Å²) in [5.41, 5.74) is 5.69. The van der Waals surface area contributed by atoms with E-state index in [0.717, 1.165) is 24.2 Å². The quantitative estimate of drug-likeness (QED) is 0.599. The Hall–Kier alpha value is -2.00. The Morgan fingerprint density at radius 2 is 1.26 bits per heavy atom. The first-order valence-corrected chi connectivity index (χ1v) is 11.8. The summed E-state index contributed by atoms with van der Waals surface area (Å²) in [7, 11) is 4.17. The van der Waals surface area contributed by atoms with E-state index in [1.54, 1.807) is 0 Å². The molecule has 0 radical (unpaired) electrons. The molecule has 0 amide bonds. The summed E-state index contributed by atoms with van der Waals surface area (Å²) in [5.74, 6) is 0.462. The van der Waals surface area contributed by atoms with Crippen LogP contribution in [-0.4, -0.2) is 37.2 Å². The Bertz CT molecular complexity index is 844. The van der Waals surface area contributed by atoms with E-state index in [4.69, 9.17) is 0 Å². The van der Waals surface area contributed by atoms with E-state index in [0.29, 0.717) is 5.75 Å². The average Bonchev–Trinajstić information content (AvgIpc) is 2.68. The number of phenolic OH excluding ortho intramolecular Hbond substituents is 1. The van der Waals surface area contributed by atoms with Crippen LogP contribution in [0.25, 0.3) is 0 Å². The van der Waals surface area contributed by atoms with Crippen LogP contribution in [0, 0.1) is 0 Å². The first-order chi connectivity index (χ1) is 14.4. The molecule has 1 heterocycles. The van der Waals surface area contributed by atoms with Crippen molar-refractivity contribution in [3.63, 3.8) is 0 Å². The molecule has 1 saturated heterocycles. The predicted octanol–water partition coefficient (Wildman–Crippen LogP) is 6.63. The Morgan fingerprint density at radius 1 is 0.774 bits per heavy atom. The molecular weight excluding hydrogens is 380 g/mol. The minimum Gasteiger partial charge on any atom is -0.507 e. The summed E-state index contributed by atoms with van der Waals surface area (Å²) in [6.07, 6.45) is 3.82. The molecule has 2 aromatic carbocycles. The van der Waals surface area contributed by atoms with Gasteiger partial charge in [0.2, 0.25) is 0 Å². The number of piperidine rings is 1. The van der Waals surface area contributed by atoms with E-state index in [2.05, 4.69) is 102 Å². The van der Waals surface area contributed by atoms with Gasteiger partial charge >= 0.3 is 0 Å². The van der Waals surface area contributed by atoms with Gasteiger partial charge in [-0.15, -0.1) is 0 Å². The fourth-order valence-electron chi connectivity index (χ4n) is 4.70. The van der Waals surface area contributed by atoms with Gasteiger partial charge in [-0.25, -0.2) is 0 Å². The molecular formula is C28H42N2O. The summed E-state index contributed by atoms with van der Waals surface area (Å²) in [6, 6.07) is 13.8. The SMILES string of the molecule is CN(C)c1ccc([C@@H](c2cc(C(C)(C)C)c(O)c(C(C)(C)C)c2)N2CCCCC2)cc1. The van der Waals surface area contributed by atoms with Gasteiger partial charge in [-0.2, -0.15) is 0 Å². The molecule has 0 aliphatic carbocycles. The molecule has 3 rings (SSSR count). The van der Waals surface area contributed by atoms with Crippen molar-refractivity contribution in [2.24, 2.45) is 0 Å². The third-order valence-electron chi connectivity index (χ3n) is 6.55. The van der Waals surface area contributed by atoms with Crippen LogP contribution in [-0.2, 0) is 10.8 Å². The van der Waals surface area contributed by atoms with Crippen molar-refractivity contribution in [3.05, 3.63) is 58.7 Å². The van der Waals surface area contributed by atoms with Crippen molar-refractivity contribution in [2.75, 3.05) is 32.1 Å². The van der Waals surface area contributed by atoms with E-state index < -0.39 is 0 Å². The number of phenols is 1. The van der Waals surface area contributed by atoms with Crippen LogP contribution in [0.2, 0.25) is 0 Å². The summed E-state index contributed by atoms with van der Waals surface area (Å²) in [4.78, 5) is 4.79. The summed E-state index contributed by atoms with van der Waals surface area (Å²) >= 11 is 0. The topological polar surface area (TPSA) is 26.7 Å². The maximum absolute atomic E-state index is 11.2. The Balaban J connectivity index is 2.20. The second kappa shape index (κ2) is 8.86. The van der Waals surface area contributed by atoms with Crippen molar-refractivity contribution in [2.45, 2.75) is 77.7 Å². The highest BCUT2D eigenvalue weighted by molar-refractivity contribution is 5.53. The van der Waals surface area contributed by atoms with Crippen LogP contribution < -0.4 is 4.90 Å². The maximum atomic E-state index is 11.2. The molecule has 1 aliphatic heterocycles. The van der Waals surface area contributed by atoms with Crippen LogP contribution in [0.15, 0.2) is 36.4 Å². The van der Waals surface area contributed by atoms with Gasteiger partial charge in [0.15, 0.2) is 0 Å². The third kappa shape index (κ3) is 5.26. The molecule has 1 N–H and O–H groups in total. The highest BCUT2D eigenvalue weighted by Gasteiger charge is 2.31. The monoisotopic (exact) mass is 422 g/mol. The fraction of sp³-hybridized carbons (Fsp3) is 0.571. The van der Waals surface area contributed by atoms with Gasteiger partial charge in [0.05, 0.1) is 6.04 Å². The minimum atomic E-state index is -0.124. The van der Waals surface area contributed by atoms with Crippen LogP contribution >= 0.6 is 0 Å². The van der Waals surface area contributed by atoms with Crippen molar-refractivity contribution >= 4 is 5.69 Å². The van der Waals surface area contributed by atoms with Crippen LogP contribution in [0.4, 0.5) is 5.69 Å². The van der Waals surface area contributed by atoms with E-state index >= 15 is 0 Å². The summed E-state index contributed by atoms with van der Waals surface area (Å²) in [6.45, 7) is 15.4. The molecule has 0 saturated carbocycles. The number of likely N-dealkylation sites (tertiary alicyclic amines) is 1. The van der Waals surface area contributed by atoms with Gasteiger partial charge in [-0.1, -0.05) is 60.1 Å². The zero-order valence-corrected chi connectivity index (χ0v) is 20.9. The zero-order valence-electron chi connectivity index (χ0n) is 20.9. The molecule has 3 heteroatoms. The molecule has 0 unspecified atom stereocenters. The van der Waals surface area contributed by atoms with Gasteiger partial charge in [0.25, 0.3) is 0 Å². The van der Waals surface area contributed by atoms with E-state index in [9.17, 15) is 5.11 Å². The van der Waals surface area contributed by atoms with Crippen LogP contribution in [0.1, 0.15) is 89.1 Å². The lowest BCUT2D eigenvalue weighted by Gasteiger charge is -2.37. The Labute approximate surface area is 190 Å². The first-order valence-electron chi connectivity index (χ1n) is 11.8. The molecule has 1 fully saturated rings. The van der Waals surface area contributed by atoms with Gasteiger partial charge < -0.3 is 10.0 Å². The van der Waals surface area contributed by atoms with E-state index in [1.165, 1.54) is 36.1 Å². The summed E-state index contributed by atoms with van der Waals surface area (Å²) in [5, 5.41) is 11.2. The molecule has 1 atom stereocenters. The molecule has 3 nitrogen and oxygen atoms in total. The van der Waals surface area contributed by atoms with E-state index in [1.807, 2.05) is 0 Å². The van der Waals surface area contributed by atoms with E-state index in [-0.39, 0.29) is 16.9 Å². The number of anilines is 1. The number of hydrogen-bond donors (Lipinski definition) is 1. The molecule has 170 valence electrons. The number of rotatable bonds is 4. The molecule has 0 bridgehead atoms. The largest absolute Gasteiger partial charge is 0.507 e. The zero-order chi connectivity index (χ0) is 23.0. The van der Waals surface area contributed by atoms with Crippen molar-refractivity contribution in [3.8, 4) is 5.75 Å². The average molecular weight is 423 g/mol. The van der Waals surface area contributed by atoms with Crippen molar-refractivity contribution < 1.29 is 5.11 Å². The highest BCUT2D eigenvalue weighted by Crippen LogP contribution is 2.43. The van der Waals surface area contributed by atoms with Crippen molar-refractivity contribution in [1.29, 1.82) is 0 Å². The second-order valence-electron chi connectivity index (χ2n) is 11.4. The number of aromatic hydroxyl groups is 1. The lowest BCUT2D eigenvalue weighted by atomic mass is 9.77. The van der Waals surface area contributed by atoms with Crippen LogP contribution in [0.5, 0.6) is 5.75 Å². The van der Waals surface area contributed by atoms with Crippen LogP contribution in [0.3, 0.4) is 0 Å². The lowest BCUT2D eigenvalue weighted by Crippen LogP contribution is -2.35. The number of benzene rings is 2. The molecule has 31 heavy (non-hydrogen) atoms. The van der Waals surface area contributed by atoms with Gasteiger partial charge in [0, 0.05) is 19.8 Å².